The topological polar surface area (TPSA) is 70.2 Å². The minimum absolute atomic E-state index is 0.134. The van der Waals surface area contributed by atoms with Crippen LogP contribution < -0.4 is 0 Å². The first kappa shape index (κ1) is 18.1. The van der Waals surface area contributed by atoms with Crippen molar-refractivity contribution in [2.75, 3.05) is 54.0 Å². The third-order valence-corrected chi connectivity index (χ3v) is 7.81. The van der Waals surface area contributed by atoms with Crippen LogP contribution in [0.4, 0.5) is 0 Å². The molecule has 1 spiro atoms. The average Bonchev–Trinajstić information content (AvgIpc) is 3.31. The number of carbonyl (C=O) groups is 1. The summed E-state index contributed by atoms with van der Waals surface area (Å²) in [5, 5.41) is 0. The highest BCUT2D eigenvalue weighted by molar-refractivity contribution is 7.86. The van der Waals surface area contributed by atoms with Gasteiger partial charge in [0, 0.05) is 52.8 Å². The largest absolute Gasteiger partial charge is 0.384 e. The van der Waals surface area contributed by atoms with E-state index in [9.17, 15) is 13.2 Å². The number of hydrogen-bond donors (Lipinski definition) is 0. The van der Waals surface area contributed by atoms with Gasteiger partial charge in [-0.15, -0.1) is 0 Å². The molecule has 3 rings (SSSR count). The fourth-order valence-electron chi connectivity index (χ4n) is 4.13. The van der Waals surface area contributed by atoms with Crippen molar-refractivity contribution in [1.29, 1.82) is 0 Å². The molecule has 1 saturated carbocycles. The maximum Gasteiger partial charge on any atom is 0.281 e. The second-order valence-electron chi connectivity index (χ2n) is 7.72. The van der Waals surface area contributed by atoms with Crippen LogP contribution in [0, 0.1) is 17.3 Å². The van der Waals surface area contributed by atoms with Crippen LogP contribution in [0.2, 0.25) is 0 Å². The van der Waals surface area contributed by atoms with Crippen molar-refractivity contribution in [3.05, 3.63) is 0 Å². The van der Waals surface area contributed by atoms with Gasteiger partial charge in [-0.3, -0.25) is 4.79 Å². The van der Waals surface area contributed by atoms with E-state index in [0.717, 1.165) is 25.9 Å². The van der Waals surface area contributed by atoms with E-state index in [0.29, 0.717) is 25.6 Å². The summed E-state index contributed by atoms with van der Waals surface area (Å²) in [7, 11) is 1.38. The van der Waals surface area contributed by atoms with Gasteiger partial charge in [-0.2, -0.15) is 17.0 Å². The third-order valence-electron chi connectivity index (χ3n) is 5.87. The molecule has 0 unspecified atom stereocenters. The molecule has 138 valence electrons. The van der Waals surface area contributed by atoms with E-state index < -0.39 is 10.2 Å². The van der Waals surface area contributed by atoms with Crippen LogP contribution >= 0.6 is 0 Å². The predicted molar refractivity (Wildman–Crippen MR) is 90.5 cm³/mol. The SMILES string of the molecule is COC[C@H]1C(=O)N(CC2CC2)CC12CCN(S(=O)(=O)N(C)C)CC2. The first-order chi connectivity index (χ1) is 11.3. The molecule has 24 heavy (non-hydrogen) atoms. The van der Waals surface area contributed by atoms with E-state index in [4.69, 9.17) is 4.74 Å². The highest BCUT2D eigenvalue weighted by atomic mass is 32.2. The lowest BCUT2D eigenvalue weighted by molar-refractivity contribution is -0.133. The summed E-state index contributed by atoms with van der Waals surface area (Å²) >= 11 is 0. The maximum absolute atomic E-state index is 12.8. The second-order valence-corrected chi connectivity index (χ2v) is 9.86. The summed E-state index contributed by atoms with van der Waals surface area (Å²) in [6.07, 6.45) is 3.89. The van der Waals surface area contributed by atoms with Gasteiger partial charge in [0.2, 0.25) is 5.91 Å². The molecule has 3 fully saturated rings. The Kier molecular flexibility index (Phi) is 4.94. The summed E-state index contributed by atoms with van der Waals surface area (Å²) in [6.45, 7) is 3.00. The van der Waals surface area contributed by atoms with Crippen LogP contribution in [0.3, 0.4) is 0 Å². The van der Waals surface area contributed by atoms with Gasteiger partial charge >= 0.3 is 0 Å². The van der Waals surface area contributed by atoms with Crippen molar-refractivity contribution in [2.45, 2.75) is 25.7 Å². The number of carbonyl (C=O) groups excluding carboxylic acids is 1. The summed E-state index contributed by atoms with van der Waals surface area (Å²) in [6, 6.07) is 0. The van der Waals surface area contributed by atoms with Gasteiger partial charge in [0.15, 0.2) is 0 Å². The van der Waals surface area contributed by atoms with Crippen LogP contribution in [0.1, 0.15) is 25.7 Å². The average molecular weight is 359 g/mol. The maximum atomic E-state index is 12.8. The summed E-state index contributed by atoms with van der Waals surface area (Å²) in [5.41, 5.74) is -0.139. The molecule has 0 radical (unpaired) electrons. The van der Waals surface area contributed by atoms with Gasteiger partial charge in [0.05, 0.1) is 12.5 Å². The molecule has 8 heteroatoms. The number of likely N-dealkylation sites (tertiary alicyclic amines) is 1. The van der Waals surface area contributed by atoms with Crippen molar-refractivity contribution in [1.82, 2.24) is 13.5 Å². The summed E-state index contributed by atoms with van der Waals surface area (Å²) < 4.78 is 32.8. The minimum atomic E-state index is -3.38. The lowest BCUT2D eigenvalue weighted by Gasteiger charge is -2.41. The van der Waals surface area contributed by atoms with Crippen LogP contribution in [0.5, 0.6) is 0 Å². The lowest BCUT2D eigenvalue weighted by Crippen LogP contribution is -2.50. The van der Waals surface area contributed by atoms with E-state index in [2.05, 4.69) is 0 Å². The number of methoxy groups -OCH3 is 1. The summed E-state index contributed by atoms with van der Waals surface area (Å²) in [4.78, 5) is 14.8. The third kappa shape index (κ3) is 3.21. The Labute approximate surface area is 145 Å². The Morgan fingerprint density at radius 3 is 2.38 bits per heavy atom. The molecule has 3 aliphatic rings. The van der Waals surface area contributed by atoms with Crippen molar-refractivity contribution >= 4 is 16.1 Å². The molecule has 1 aliphatic carbocycles. The van der Waals surface area contributed by atoms with E-state index in [1.54, 1.807) is 21.2 Å². The Morgan fingerprint density at radius 1 is 1.25 bits per heavy atom. The van der Waals surface area contributed by atoms with E-state index >= 15 is 0 Å². The zero-order chi connectivity index (χ0) is 17.5. The lowest BCUT2D eigenvalue weighted by atomic mass is 9.71. The monoisotopic (exact) mass is 359 g/mol. The molecular weight excluding hydrogens is 330 g/mol. The van der Waals surface area contributed by atoms with Gasteiger partial charge in [0.25, 0.3) is 10.2 Å². The molecule has 2 heterocycles. The number of rotatable bonds is 6. The molecule has 7 nitrogen and oxygen atoms in total. The molecule has 2 aliphatic heterocycles. The number of nitrogens with zero attached hydrogens (tertiary/aromatic N) is 3. The Bertz CT molecular complexity index is 580. The molecule has 1 atom stereocenters. The van der Waals surface area contributed by atoms with Crippen LogP contribution in [0.25, 0.3) is 0 Å². The molecule has 2 saturated heterocycles. The number of piperidine rings is 1. The number of ether oxygens (including phenoxy) is 1. The Morgan fingerprint density at radius 2 is 1.88 bits per heavy atom. The van der Waals surface area contributed by atoms with E-state index in [1.807, 2.05) is 4.90 Å². The standard InChI is InChI=1S/C16H29N3O4S/c1-17(2)24(21,22)19-8-6-16(7-9-19)12-18(10-13-4-5-13)15(20)14(16)11-23-3/h13-14H,4-12H2,1-3H3/t14-/m0/s1. The van der Waals surface area contributed by atoms with Gasteiger partial charge in [-0.05, 0) is 31.6 Å². The normalized spacial score (nSPS) is 28.2. The molecule has 1 amide bonds. The van der Waals surface area contributed by atoms with Crippen LogP contribution in [-0.4, -0.2) is 81.8 Å². The molecule has 0 N–H and O–H groups in total. The predicted octanol–water partition coefficient (Wildman–Crippen LogP) is 0.390. The van der Waals surface area contributed by atoms with E-state index in [-0.39, 0.29) is 17.2 Å². The van der Waals surface area contributed by atoms with Crippen LogP contribution in [0.15, 0.2) is 0 Å². The molecule has 0 bridgehead atoms. The highest BCUT2D eigenvalue weighted by Gasteiger charge is 2.54. The number of hydrogen-bond acceptors (Lipinski definition) is 4. The quantitative estimate of drug-likeness (QED) is 0.688. The van der Waals surface area contributed by atoms with Gasteiger partial charge in [0.1, 0.15) is 0 Å². The molecule has 0 aromatic rings. The first-order valence-corrected chi connectivity index (χ1v) is 10.2. The second kappa shape index (κ2) is 6.55. The van der Waals surface area contributed by atoms with E-state index in [1.165, 1.54) is 21.5 Å². The Balaban J connectivity index is 1.73. The summed E-state index contributed by atoms with van der Waals surface area (Å²) in [5.74, 6) is 0.736. The van der Waals surface area contributed by atoms with Crippen molar-refractivity contribution in [3.8, 4) is 0 Å². The molecule has 0 aromatic carbocycles. The molecule has 0 aromatic heterocycles. The van der Waals surface area contributed by atoms with Gasteiger partial charge in [-0.1, -0.05) is 0 Å². The van der Waals surface area contributed by atoms with Crippen LogP contribution in [-0.2, 0) is 19.7 Å². The van der Waals surface area contributed by atoms with Gasteiger partial charge in [-0.25, -0.2) is 0 Å². The fraction of sp³-hybridized carbons (Fsp3) is 0.938. The smallest absolute Gasteiger partial charge is 0.281 e. The zero-order valence-electron chi connectivity index (χ0n) is 14.9. The first-order valence-electron chi connectivity index (χ1n) is 8.75. The zero-order valence-corrected chi connectivity index (χ0v) is 15.7. The fourth-order valence-corrected chi connectivity index (χ4v) is 5.24. The van der Waals surface area contributed by atoms with Gasteiger partial charge < -0.3 is 9.64 Å². The van der Waals surface area contributed by atoms with Crippen molar-refractivity contribution < 1.29 is 17.9 Å². The minimum Gasteiger partial charge on any atom is -0.384 e. The molecular formula is C16H29N3O4S. The van der Waals surface area contributed by atoms with Crippen molar-refractivity contribution in [2.24, 2.45) is 17.3 Å². The van der Waals surface area contributed by atoms with Crippen molar-refractivity contribution in [3.63, 3.8) is 0 Å². The Hall–Kier alpha value is -0.700. The number of amides is 1. The highest BCUT2D eigenvalue weighted by Crippen LogP contribution is 2.47.